The SMILES string of the molecule is CCCC(CN)(CCC)C(=O)N(CC)Cc1ccccc1. The molecule has 118 valence electrons. The van der Waals surface area contributed by atoms with Gasteiger partial charge >= 0.3 is 0 Å². The molecule has 3 heteroatoms. The Morgan fingerprint density at radius 1 is 1.10 bits per heavy atom. The maximum Gasteiger partial charge on any atom is 0.230 e. The molecule has 0 heterocycles. The van der Waals surface area contributed by atoms with E-state index < -0.39 is 0 Å². The van der Waals surface area contributed by atoms with E-state index in [2.05, 4.69) is 26.0 Å². The zero-order chi connectivity index (χ0) is 15.7. The smallest absolute Gasteiger partial charge is 0.230 e. The summed E-state index contributed by atoms with van der Waals surface area (Å²) in [4.78, 5) is 15.0. The van der Waals surface area contributed by atoms with Crippen molar-refractivity contribution in [2.24, 2.45) is 11.1 Å². The first kappa shape index (κ1) is 17.7. The summed E-state index contributed by atoms with van der Waals surface area (Å²) in [6.45, 7) is 8.13. The van der Waals surface area contributed by atoms with Gasteiger partial charge in [-0.1, -0.05) is 57.0 Å². The van der Waals surface area contributed by atoms with E-state index in [1.165, 1.54) is 5.56 Å². The highest BCUT2D eigenvalue weighted by molar-refractivity contribution is 5.83. The van der Waals surface area contributed by atoms with Crippen LogP contribution in [0.1, 0.15) is 52.0 Å². The molecule has 0 atom stereocenters. The second kappa shape index (κ2) is 8.83. The largest absolute Gasteiger partial charge is 0.338 e. The van der Waals surface area contributed by atoms with Gasteiger partial charge in [0.05, 0.1) is 5.41 Å². The minimum Gasteiger partial charge on any atom is -0.338 e. The average Bonchev–Trinajstić information content (AvgIpc) is 2.52. The molecular weight excluding hydrogens is 260 g/mol. The minimum atomic E-state index is -0.381. The van der Waals surface area contributed by atoms with Crippen LogP contribution >= 0.6 is 0 Å². The fourth-order valence-corrected chi connectivity index (χ4v) is 3.05. The molecule has 3 nitrogen and oxygen atoms in total. The third-order valence-corrected chi connectivity index (χ3v) is 4.19. The molecule has 0 aliphatic carbocycles. The average molecular weight is 290 g/mol. The van der Waals surface area contributed by atoms with Crippen molar-refractivity contribution in [2.75, 3.05) is 13.1 Å². The molecule has 0 saturated heterocycles. The molecule has 1 rings (SSSR count). The van der Waals surface area contributed by atoms with Crippen LogP contribution in [-0.2, 0) is 11.3 Å². The predicted molar refractivity (Wildman–Crippen MR) is 88.8 cm³/mol. The highest BCUT2D eigenvalue weighted by Gasteiger charge is 2.37. The van der Waals surface area contributed by atoms with Crippen LogP contribution in [0.5, 0.6) is 0 Å². The molecule has 2 N–H and O–H groups in total. The van der Waals surface area contributed by atoms with Gasteiger partial charge in [0.1, 0.15) is 0 Å². The number of benzene rings is 1. The standard InChI is InChI=1S/C18H30N2O/c1-4-12-18(15-19,13-5-2)17(21)20(6-3)14-16-10-8-7-9-11-16/h7-11H,4-6,12-15,19H2,1-3H3. The van der Waals surface area contributed by atoms with Gasteiger partial charge in [-0.05, 0) is 25.3 Å². The van der Waals surface area contributed by atoms with Gasteiger partial charge in [0, 0.05) is 19.6 Å². The molecule has 0 saturated carbocycles. The fraction of sp³-hybridized carbons (Fsp3) is 0.611. The third-order valence-electron chi connectivity index (χ3n) is 4.19. The van der Waals surface area contributed by atoms with E-state index in [0.717, 1.165) is 32.2 Å². The van der Waals surface area contributed by atoms with E-state index in [-0.39, 0.29) is 11.3 Å². The fourth-order valence-electron chi connectivity index (χ4n) is 3.05. The molecule has 21 heavy (non-hydrogen) atoms. The van der Waals surface area contributed by atoms with Crippen LogP contribution in [0.4, 0.5) is 0 Å². The molecule has 0 bridgehead atoms. The number of hydrogen-bond acceptors (Lipinski definition) is 2. The summed E-state index contributed by atoms with van der Waals surface area (Å²) < 4.78 is 0. The van der Waals surface area contributed by atoms with Crippen molar-refractivity contribution in [1.82, 2.24) is 4.90 Å². The van der Waals surface area contributed by atoms with Gasteiger partial charge in [-0.2, -0.15) is 0 Å². The second-order valence-corrected chi connectivity index (χ2v) is 5.79. The van der Waals surface area contributed by atoms with E-state index in [1.54, 1.807) is 0 Å². The van der Waals surface area contributed by atoms with Gasteiger partial charge < -0.3 is 10.6 Å². The predicted octanol–water partition coefficient (Wildman–Crippen LogP) is 3.58. The van der Waals surface area contributed by atoms with Crippen molar-refractivity contribution >= 4 is 5.91 Å². The molecule has 0 unspecified atom stereocenters. The number of rotatable bonds is 9. The van der Waals surface area contributed by atoms with Crippen LogP contribution in [0.3, 0.4) is 0 Å². The van der Waals surface area contributed by atoms with Gasteiger partial charge in [0.2, 0.25) is 5.91 Å². The molecule has 1 aromatic carbocycles. The Morgan fingerprint density at radius 2 is 1.67 bits per heavy atom. The quantitative estimate of drug-likeness (QED) is 0.755. The van der Waals surface area contributed by atoms with E-state index in [9.17, 15) is 4.79 Å². The Labute approximate surface area is 129 Å². The van der Waals surface area contributed by atoms with Gasteiger partial charge in [0.15, 0.2) is 0 Å². The summed E-state index contributed by atoms with van der Waals surface area (Å²) in [5.74, 6) is 0.222. The first-order chi connectivity index (χ1) is 10.1. The van der Waals surface area contributed by atoms with Crippen molar-refractivity contribution in [3.63, 3.8) is 0 Å². The number of amides is 1. The Bertz CT molecular complexity index is 410. The highest BCUT2D eigenvalue weighted by Crippen LogP contribution is 2.31. The monoisotopic (exact) mass is 290 g/mol. The van der Waals surface area contributed by atoms with Crippen LogP contribution in [0.25, 0.3) is 0 Å². The number of hydrogen-bond donors (Lipinski definition) is 1. The van der Waals surface area contributed by atoms with Gasteiger partial charge in [-0.15, -0.1) is 0 Å². The summed E-state index contributed by atoms with van der Waals surface area (Å²) >= 11 is 0. The zero-order valence-electron chi connectivity index (χ0n) is 13.8. The number of nitrogens with two attached hydrogens (primary N) is 1. The molecule has 0 spiro atoms. The lowest BCUT2D eigenvalue weighted by Crippen LogP contribution is -2.47. The molecular formula is C18H30N2O. The summed E-state index contributed by atoms with van der Waals surface area (Å²) in [6.07, 6.45) is 3.74. The minimum absolute atomic E-state index is 0.222. The first-order valence-electron chi connectivity index (χ1n) is 8.16. The Morgan fingerprint density at radius 3 is 2.10 bits per heavy atom. The van der Waals surface area contributed by atoms with Crippen molar-refractivity contribution < 1.29 is 4.79 Å². The number of nitrogens with zero attached hydrogens (tertiary/aromatic N) is 1. The number of carbonyl (C=O) groups is 1. The van der Waals surface area contributed by atoms with E-state index in [1.807, 2.05) is 30.0 Å². The van der Waals surface area contributed by atoms with Gasteiger partial charge in [-0.25, -0.2) is 0 Å². The van der Waals surface area contributed by atoms with Crippen LogP contribution in [0.2, 0.25) is 0 Å². The van der Waals surface area contributed by atoms with Gasteiger partial charge in [0.25, 0.3) is 0 Å². The molecule has 0 aliphatic heterocycles. The summed E-state index contributed by atoms with van der Waals surface area (Å²) in [5.41, 5.74) is 6.81. The molecule has 1 amide bonds. The maximum atomic E-state index is 13.1. The van der Waals surface area contributed by atoms with Crippen LogP contribution in [0.15, 0.2) is 30.3 Å². The molecule has 0 radical (unpaired) electrons. The second-order valence-electron chi connectivity index (χ2n) is 5.79. The Balaban J connectivity index is 2.92. The summed E-state index contributed by atoms with van der Waals surface area (Å²) in [6, 6.07) is 10.2. The van der Waals surface area contributed by atoms with E-state index in [0.29, 0.717) is 13.1 Å². The third kappa shape index (κ3) is 4.57. The Kier molecular flexibility index (Phi) is 7.44. The van der Waals surface area contributed by atoms with Crippen LogP contribution in [0, 0.1) is 5.41 Å². The normalized spacial score (nSPS) is 11.4. The lowest BCUT2D eigenvalue weighted by Gasteiger charge is -2.36. The number of carbonyl (C=O) groups excluding carboxylic acids is 1. The van der Waals surface area contributed by atoms with Crippen LogP contribution < -0.4 is 5.73 Å². The van der Waals surface area contributed by atoms with E-state index >= 15 is 0 Å². The summed E-state index contributed by atoms with van der Waals surface area (Å²) in [5, 5.41) is 0. The van der Waals surface area contributed by atoms with Crippen molar-refractivity contribution in [3.8, 4) is 0 Å². The summed E-state index contributed by atoms with van der Waals surface area (Å²) in [7, 11) is 0. The topological polar surface area (TPSA) is 46.3 Å². The molecule has 0 fully saturated rings. The lowest BCUT2D eigenvalue weighted by atomic mass is 9.77. The Hall–Kier alpha value is -1.35. The molecule has 0 aromatic heterocycles. The van der Waals surface area contributed by atoms with Crippen molar-refractivity contribution in [2.45, 2.75) is 53.0 Å². The van der Waals surface area contributed by atoms with Crippen molar-refractivity contribution in [3.05, 3.63) is 35.9 Å². The highest BCUT2D eigenvalue weighted by atomic mass is 16.2. The van der Waals surface area contributed by atoms with Gasteiger partial charge in [-0.3, -0.25) is 4.79 Å². The lowest BCUT2D eigenvalue weighted by molar-refractivity contribution is -0.143. The molecule has 0 aliphatic rings. The zero-order valence-corrected chi connectivity index (χ0v) is 13.8. The first-order valence-corrected chi connectivity index (χ1v) is 8.16. The maximum absolute atomic E-state index is 13.1. The molecule has 1 aromatic rings. The van der Waals surface area contributed by atoms with E-state index in [4.69, 9.17) is 5.73 Å². The van der Waals surface area contributed by atoms with Crippen molar-refractivity contribution in [1.29, 1.82) is 0 Å². The van der Waals surface area contributed by atoms with Crippen LogP contribution in [-0.4, -0.2) is 23.9 Å².